The highest BCUT2D eigenvalue weighted by Gasteiger charge is 2.11. The minimum absolute atomic E-state index is 0.433. The molecule has 4 heteroatoms. The van der Waals surface area contributed by atoms with Crippen molar-refractivity contribution in [3.05, 3.63) is 28.5 Å². The summed E-state index contributed by atoms with van der Waals surface area (Å²) in [5.74, 6) is 2.25. The molecule has 1 unspecified atom stereocenters. The second kappa shape index (κ2) is 5.27. The molecule has 2 aromatic rings. The average molecular weight is 266 g/mol. The number of imidazole rings is 1. The van der Waals surface area contributed by atoms with Gasteiger partial charge in [-0.1, -0.05) is 19.1 Å². The van der Waals surface area contributed by atoms with Gasteiger partial charge in [0.05, 0.1) is 11.0 Å². The molecule has 0 saturated heterocycles. The van der Waals surface area contributed by atoms with Crippen molar-refractivity contribution in [1.29, 1.82) is 0 Å². The van der Waals surface area contributed by atoms with Gasteiger partial charge in [0.15, 0.2) is 4.77 Å². The molecule has 0 aliphatic carbocycles. The quantitative estimate of drug-likeness (QED) is 0.832. The molecule has 0 aliphatic rings. The molecule has 1 heterocycles. The topological polar surface area (TPSA) is 20.7 Å². The van der Waals surface area contributed by atoms with Gasteiger partial charge in [-0.15, -0.1) is 0 Å². The van der Waals surface area contributed by atoms with Gasteiger partial charge >= 0.3 is 0 Å². The highest BCUT2D eigenvalue weighted by atomic mass is 32.2. The molecule has 0 saturated carbocycles. The fraction of sp³-hybridized carbons (Fsp3) is 0.462. The Balaban J connectivity index is 2.50. The fourth-order valence-electron chi connectivity index (χ4n) is 2.09. The van der Waals surface area contributed by atoms with Gasteiger partial charge < -0.3 is 9.55 Å². The Morgan fingerprint density at radius 1 is 1.47 bits per heavy atom. The molecule has 0 radical (unpaired) electrons. The third-order valence-electron chi connectivity index (χ3n) is 2.97. The SMILES string of the molecule is CCSCC(C)n1c(=S)[nH]c2c(C)cccc21. The van der Waals surface area contributed by atoms with Crippen molar-refractivity contribution in [2.75, 3.05) is 11.5 Å². The number of thioether (sulfide) groups is 1. The fourth-order valence-corrected chi connectivity index (χ4v) is 3.20. The predicted molar refractivity (Wildman–Crippen MR) is 79.6 cm³/mol. The first-order valence-electron chi connectivity index (χ1n) is 5.92. The van der Waals surface area contributed by atoms with E-state index >= 15 is 0 Å². The number of H-pyrrole nitrogens is 1. The first kappa shape index (κ1) is 12.7. The molecule has 1 atom stereocenters. The molecular weight excluding hydrogens is 248 g/mol. The molecule has 17 heavy (non-hydrogen) atoms. The van der Waals surface area contributed by atoms with E-state index in [2.05, 4.69) is 48.5 Å². The molecule has 1 N–H and O–H groups in total. The van der Waals surface area contributed by atoms with Crippen molar-refractivity contribution in [3.63, 3.8) is 0 Å². The number of benzene rings is 1. The Bertz CT molecular complexity index is 568. The van der Waals surface area contributed by atoms with Crippen LogP contribution in [0.15, 0.2) is 18.2 Å². The van der Waals surface area contributed by atoms with Crippen LogP contribution < -0.4 is 0 Å². The molecule has 0 aliphatic heterocycles. The number of fused-ring (bicyclic) bond motifs is 1. The number of aryl methyl sites for hydroxylation is 1. The Labute approximate surface area is 111 Å². The zero-order valence-electron chi connectivity index (χ0n) is 10.5. The van der Waals surface area contributed by atoms with Crippen LogP contribution in [-0.4, -0.2) is 21.1 Å². The maximum absolute atomic E-state index is 5.44. The Hall–Kier alpha value is -0.740. The maximum Gasteiger partial charge on any atom is 0.178 e. The van der Waals surface area contributed by atoms with Crippen molar-refractivity contribution in [1.82, 2.24) is 9.55 Å². The van der Waals surface area contributed by atoms with Crippen LogP contribution in [0.2, 0.25) is 0 Å². The van der Waals surface area contributed by atoms with Crippen LogP contribution in [0.25, 0.3) is 11.0 Å². The van der Waals surface area contributed by atoms with Crippen molar-refractivity contribution in [2.45, 2.75) is 26.8 Å². The van der Waals surface area contributed by atoms with Gasteiger partial charge in [0.25, 0.3) is 0 Å². The van der Waals surface area contributed by atoms with Crippen LogP contribution >= 0.6 is 24.0 Å². The summed E-state index contributed by atoms with van der Waals surface area (Å²) in [5, 5.41) is 0. The molecule has 0 spiro atoms. The highest BCUT2D eigenvalue weighted by molar-refractivity contribution is 7.99. The summed E-state index contributed by atoms with van der Waals surface area (Å²) in [4.78, 5) is 3.32. The Morgan fingerprint density at radius 2 is 2.24 bits per heavy atom. The van der Waals surface area contributed by atoms with Crippen molar-refractivity contribution in [2.24, 2.45) is 0 Å². The van der Waals surface area contributed by atoms with E-state index in [1.807, 2.05) is 11.8 Å². The Morgan fingerprint density at radius 3 is 2.94 bits per heavy atom. The van der Waals surface area contributed by atoms with Gasteiger partial charge in [0.2, 0.25) is 0 Å². The summed E-state index contributed by atoms with van der Waals surface area (Å²) in [6.07, 6.45) is 0. The van der Waals surface area contributed by atoms with E-state index in [1.54, 1.807) is 0 Å². The van der Waals surface area contributed by atoms with Crippen molar-refractivity contribution in [3.8, 4) is 0 Å². The van der Waals surface area contributed by atoms with Gasteiger partial charge in [0.1, 0.15) is 0 Å². The monoisotopic (exact) mass is 266 g/mol. The summed E-state index contributed by atoms with van der Waals surface area (Å²) in [6.45, 7) is 6.54. The zero-order chi connectivity index (χ0) is 12.4. The van der Waals surface area contributed by atoms with Crippen molar-refractivity contribution < 1.29 is 0 Å². The van der Waals surface area contributed by atoms with E-state index in [1.165, 1.54) is 16.6 Å². The molecule has 0 bridgehead atoms. The molecule has 2 rings (SSSR count). The number of aromatic amines is 1. The minimum atomic E-state index is 0.433. The van der Waals surface area contributed by atoms with Gasteiger partial charge in [-0.3, -0.25) is 0 Å². The van der Waals surface area contributed by atoms with Gasteiger partial charge in [-0.2, -0.15) is 11.8 Å². The number of aromatic nitrogens is 2. The second-order valence-corrected chi connectivity index (χ2v) is 5.98. The molecule has 0 amide bonds. The molecule has 0 fully saturated rings. The molecule has 1 aromatic heterocycles. The normalized spacial score (nSPS) is 13.1. The summed E-state index contributed by atoms with van der Waals surface area (Å²) < 4.78 is 3.07. The number of hydrogen-bond acceptors (Lipinski definition) is 2. The number of nitrogens with one attached hydrogen (secondary N) is 1. The lowest BCUT2D eigenvalue weighted by Gasteiger charge is -2.13. The van der Waals surface area contributed by atoms with Crippen LogP contribution in [0, 0.1) is 11.7 Å². The van der Waals surface area contributed by atoms with Gasteiger partial charge in [-0.05, 0) is 43.4 Å². The lowest BCUT2D eigenvalue weighted by Crippen LogP contribution is -2.07. The Kier molecular flexibility index (Phi) is 3.94. The van der Waals surface area contributed by atoms with E-state index in [0.717, 1.165) is 16.3 Å². The standard InChI is InChI=1S/C13H18N2S2/c1-4-17-8-10(3)15-11-7-5-6-9(2)12(11)14-13(15)16/h5-7,10H,4,8H2,1-3H3,(H,14,16). The van der Waals surface area contributed by atoms with E-state index in [0.29, 0.717) is 6.04 Å². The summed E-state index contributed by atoms with van der Waals surface area (Å²) in [6, 6.07) is 6.78. The highest BCUT2D eigenvalue weighted by Crippen LogP contribution is 2.23. The summed E-state index contributed by atoms with van der Waals surface area (Å²) in [5.41, 5.74) is 3.65. The lowest BCUT2D eigenvalue weighted by atomic mass is 10.2. The summed E-state index contributed by atoms with van der Waals surface area (Å²) in [7, 11) is 0. The average Bonchev–Trinajstić information content (AvgIpc) is 2.64. The molecule has 1 aromatic carbocycles. The summed E-state index contributed by atoms with van der Waals surface area (Å²) >= 11 is 7.39. The first-order valence-corrected chi connectivity index (χ1v) is 7.49. The van der Waals surface area contributed by atoms with Crippen LogP contribution in [0.3, 0.4) is 0 Å². The van der Waals surface area contributed by atoms with E-state index in [-0.39, 0.29) is 0 Å². The van der Waals surface area contributed by atoms with Crippen LogP contribution in [0.5, 0.6) is 0 Å². The first-order chi connectivity index (χ1) is 8.15. The van der Waals surface area contributed by atoms with Gasteiger partial charge in [-0.25, -0.2) is 0 Å². The minimum Gasteiger partial charge on any atom is -0.330 e. The molecule has 2 nitrogen and oxygen atoms in total. The smallest absolute Gasteiger partial charge is 0.178 e. The number of hydrogen-bond donors (Lipinski definition) is 1. The predicted octanol–water partition coefficient (Wildman–Crippen LogP) is 4.32. The van der Waals surface area contributed by atoms with E-state index in [9.17, 15) is 0 Å². The van der Waals surface area contributed by atoms with Crippen LogP contribution in [0.1, 0.15) is 25.5 Å². The zero-order valence-corrected chi connectivity index (χ0v) is 12.1. The lowest BCUT2D eigenvalue weighted by molar-refractivity contribution is 0.619. The second-order valence-electron chi connectivity index (χ2n) is 4.28. The maximum atomic E-state index is 5.44. The largest absolute Gasteiger partial charge is 0.330 e. The third-order valence-corrected chi connectivity index (χ3v) is 4.39. The number of rotatable bonds is 4. The van der Waals surface area contributed by atoms with E-state index in [4.69, 9.17) is 12.2 Å². The van der Waals surface area contributed by atoms with Crippen LogP contribution in [-0.2, 0) is 0 Å². The van der Waals surface area contributed by atoms with Crippen LogP contribution in [0.4, 0.5) is 0 Å². The molecular formula is C13H18N2S2. The van der Waals surface area contributed by atoms with E-state index < -0.39 is 0 Å². The number of para-hydroxylation sites is 1. The van der Waals surface area contributed by atoms with Gasteiger partial charge in [0, 0.05) is 11.8 Å². The number of nitrogens with zero attached hydrogens (tertiary/aromatic N) is 1. The van der Waals surface area contributed by atoms with Crippen molar-refractivity contribution >= 4 is 35.0 Å². The third kappa shape index (κ3) is 2.43. The molecule has 92 valence electrons.